The summed E-state index contributed by atoms with van der Waals surface area (Å²) in [6.45, 7) is 40.6. The fourth-order valence-electron chi connectivity index (χ4n) is 8.15. The van der Waals surface area contributed by atoms with Gasteiger partial charge in [0.05, 0.1) is 0 Å². The van der Waals surface area contributed by atoms with Gasteiger partial charge in [-0.15, -0.1) is 0 Å². The van der Waals surface area contributed by atoms with Gasteiger partial charge in [0.2, 0.25) is 0 Å². The van der Waals surface area contributed by atoms with E-state index < -0.39 is 14.4 Å². The summed E-state index contributed by atoms with van der Waals surface area (Å²) in [5.74, 6) is 1.91. The molecule has 52 heavy (non-hydrogen) atoms. The van der Waals surface area contributed by atoms with Gasteiger partial charge in [-0.05, 0) is 108 Å². The van der Waals surface area contributed by atoms with Crippen molar-refractivity contribution in [2.24, 2.45) is 0 Å². The monoisotopic (exact) mass is 699 g/mol. The van der Waals surface area contributed by atoms with Crippen LogP contribution in [0.4, 0.5) is 11.4 Å². The lowest BCUT2D eigenvalue weighted by Gasteiger charge is -2.54. The predicted molar refractivity (Wildman–Crippen MR) is 227 cm³/mol. The number of anilines is 2. The molecule has 0 atom stereocenters. The number of rotatable bonds is 6. The Balaban J connectivity index is 1.86. The van der Waals surface area contributed by atoms with E-state index in [1.165, 1.54) is 55.6 Å². The van der Waals surface area contributed by atoms with E-state index in [0.717, 1.165) is 22.9 Å². The Morgan fingerprint density at radius 1 is 0.404 bits per heavy atom. The van der Waals surface area contributed by atoms with Crippen molar-refractivity contribution in [3.05, 3.63) is 116 Å². The SMILES string of the molecule is Cc1cc(C)c(N2B(Oc3c(C(C)(C)C)cccc3C(C)(C)C)N(c3c(C)cc(C)cc3C)B2Oc2c(C(C)(C)C)cccc2C(C)(C)C)c(C)c1. The minimum absolute atomic E-state index is 0.134. The molecule has 1 aliphatic rings. The third-order valence-corrected chi connectivity index (χ3v) is 10.4. The Hall–Kier alpha value is -3.79. The molecule has 4 nitrogen and oxygen atoms in total. The average Bonchev–Trinajstić information content (AvgIpc) is 2.97. The maximum absolute atomic E-state index is 7.62. The Bertz CT molecular complexity index is 1710. The molecule has 1 aliphatic heterocycles. The molecule has 0 radical (unpaired) electrons. The van der Waals surface area contributed by atoms with Crippen molar-refractivity contribution in [3.8, 4) is 11.5 Å². The zero-order valence-corrected chi connectivity index (χ0v) is 35.6. The summed E-state index contributed by atoms with van der Waals surface area (Å²) < 4.78 is 20.0. The molecule has 0 bridgehead atoms. The van der Waals surface area contributed by atoms with Crippen molar-refractivity contribution in [3.63, 3.8) is 0 Å². The van der Waals surface area contributed by atoms with Crippen LogP contribution in [0.5, 0.6) is 11.5 Å². The summed E-state index contributed by atoms with van der Waals surface area (Å²) in [6.07, 6.45) is 0. The van der Waals surface area contributed by atoms with Crippen molar-refractivity contribution in [2.45, 2.75) is 146 Å². The number of benzene rings is 4. The Morgan fingerprint density at radius 3 is 0.846 bits per heavy atom. The lowest BCUT2D eigenvalue weighted by molar-refractivity contribution is 0.457. The van der Waals surface area contributed by atoms with Gasteiger partial charge >= 0.3 is 14.4 Å². The molecule has 0 saturated carbocycles. The van der Waals surface area contributed by atoms with Gasteiger partial charge in [0.25, 0.3) is 0 Å². The number of aryl methyl sites for hydroxylation is 6. The summed E-state index contributed by atoms with van der Waals surface area (Å²) in [5, 5.41) is 0. The van der Waals surface area contributed by atoms with Crippen LogP contribution in [0.3, 0.4) is 0 Å². The van der Waals surface area contributed by atoms with E-state index in [-0.39, 0.29) is 21.7 Å². The third kappa shape index (κ3) is 7.50. The van der Waals surface area contributed by atoms with E-state index in [4.69, 9.17) is 9.31 Å². The van der Waals surface area contributed by atoms with Gasteiger partial charge in [0.15, 0.2) is 0 Å². The van der Waals surface area contributed by atoms with E-state index >= 15 is 0 Å². The van der Waals surface area contributed by atoms with Gasteiger partial charge in [-0.3, -0.25) is 0 Å². The maximum atomic E-state index is 7.62. The zero-order valence-electron chi connectivity index (χ0n) is 35.6. The molecule has 1 saturated heterocycles. The second kappa shape index (κ2) is 13.6. The molecular formula is C46H64B2N2O2. The number of para-hydroxylation sites is 2. The van der Waals surface area contributed by atoms with E-state index in [2.05, 4.69) is 195 Å². The summed E-state index contributed by atoms with van der Waals surface area (Å²) in [7, 11) is -0.954. The first kappa shape index (κ1) is 39.4. The molecule has 0 spiro atoms. The maximum Gasteiger partial charge on any atom is 0.601 e. The highest BCUT2D eigenvalue weighted by molar-refractivity contribution is 7.00. The largest absolute Gasteiger partial charge is 0.601 e. The molecule has 0 amide bonds. The number of nitrogens with zero attached hydrogens (tertiary/aromatic N) is 2. The van der Waals surface area contributed by atoms with Crippen LogP contribution in [0, 0.1) is 41.5 Å². The van der Waals surface area contributed by atoms with E-state index in [1.54, 1.807) is 0 Å². The van der Waals surface area contributed by atoms with Crippen LogP contribution in [-0.4, -0.2) is 14.4 Å². The highest BCUT2D eigenvalue weighted by atomic mass is 16.5. The third-order valence-electron chi connectivity index (χ3n) is 10.4. The van der Waals surface area contributed by atoms with Gasteiger partial charge in [-0.1, -0.05) is 155 Å². The second-order valence-electron chi connectivity index (χ2n) is 19.6. The molecule has 5 rings (SSSR count). The normalized spacial score (nSPS) is 14.2. The minimum Gasteiger partial charge on any atom is -0.524 e. The van der Waals surface area contributed by atoms with Gasteiger partial charge in [0, 0.05) is 11.4 Å². The first-order chi connectivity index (χ1) is 23.8. The molecule has 0 unspecified atom stereocenters. The van der Waals surface area contributed by atoms with Crippen LogP contribution in [0.1, 0.15) is 139 Å². The Kier molecular flexibility index (Phi) is 10.3. The molecule has 0 aromatic heterocycles. The van der Waals surface area contributed by atoms with Crippen molar-refractivity contribution < 1.29 is 9.31 Å². The minimum atomic E-state index is -0.477. The van der Waals surface area contributed by atoms with Crippen molar-refractivity contribution in [2.75, 3.05) is 9.44 Å². The first-order valence-corrected chi connectivity index (χ1v) is 19.2. The molecular weight excluding hydrogens is 634 g/mol. The number of hydrogen-bond donors (Lipinski definition) is 0. The summed E-state index contributed by atoms with van der Waals surface area (Å²) >= 11 is 0. The molecule has 1 heterocycles. The molecule has 4 aromatic rings. The fourth-order valence-corrected chi connectivity index (χ4v) is 8.15. The summed E-state index contributed by atoms with van der Waals surface area (Å²) in [6, 6.07) is 22.5. The molecule has 6 heteroatoms. The van der Waals surface area contributed by atoms with Gasteiger partial charge in [0.1, 0.15) is 11.5 Å². The molecule has 1 fully saturated rings. The van der Waals surface area contributed by atoms with Crippen molar-refractivity contribution in [1.29, 1.82) is 0 Å². The molecule has 0 aliphatic carbocycles. The Morgan fingerprint density at radius 2 is 0.635 bits per heavy atom. The smallest absolute Gasteiger partial charge is 0.524 e. The van der Waals surface area contributed by atoms with Crippen molar-refractivity contribution in [1.82, 2.24) is 0 Å². The molecule has 4 aromatic carbocycles. The van der Waals surface area contributed by atoms with Gasteiger partial charge in [-0.2, -0.15) is 0 Å². The van der Waals surface area contributed by atoms with Crippen LogP contribution in [0.2, 0.25) is 0 Å². The standard InChI is InChI=1S/C46H64B2N2O2/c1-29-25-31(3)39(32(4)26-29)49-47(51-41-35(43(7,8)9)21-19-22-36(41)44(10,11)12)50(40-33(5)27-30(2)28-34(40)6)48(49)52-42-37(45(13,14)15)23-20-24-38(42)46(16,17)18/h19-28H,1-18H3. The first-order valence-electron chi connectivity index (χ1n) is 19.2. The van der Waals surface area contributed by atoms with Crippen LogP contribution in [0.25, 0.3) is 0 Å². The lowest BCUT2D eigenvalue weighted by atomic mass is 9.59. The highest BCUT2D eigenvalue weighted by Crippen LogP contribution is 2.47. The molecule has 0 N–H and O–H groups in total. The van der Waals surface area contributed by atoms with E-state index in [9.17, 15) is 0 Å². The van der Waals surface area contributed by atoms with Crippen LogP contribution in [0.15, 0.2) is 60.7 Å². The van der Waals surface area contributed by atoms with Crippen molar-refractivity contribution >= 4 is 25.7 Å². The fraction of sp³-hybridized carbons (Fsp3) is 0.478. The van der Waals surface area contributed by atoms with Gasteiger partial charge in [-0.25, -0.2) is 0 Å². The highest BCUT2D eigenvalue weighted by Gasteiger charge is 2.64. The number of hydrogen-bond acceptors (Lipinski definition) is 4. The zero-order chi connectivity index (χ0) is 38.9. The van der Waals surface area contributed by atoms with E-state index in [1.807, 2.05) is 0 Å². The van der Waals surface area contributed by atoms with Crippen LogP contribution < -0.4 is 18.8 Å². The average molecular weight is 699 g/mol. The Labute approximate surface area is 317 Å². The van der Waals surface area contributed by atoms with Crippen LogP contribution >= 0.6 is 0 Å². The van der Waals surface area contributed by atoms with Gasteiger partial charge < -0.3 is 18.8 Å². The topological polar surface area (TPSA) is 24.9 Å². The summed E-state index contributed by atoms with van der Waals surface area (Å²) in [5.41, 5.74) is 13.9. The predicted octanol–water partition coefficient (Wildman–Crippen LogP) is 12.2. The molecule has 276 valence electrons. The second-order valence-corrected chi connectivity index (χ2v) is 19.6. The quantitative estimate of drug-likeness (QED) is 0.187. The lowest BCUT2D eigenvalue weighted by Crippen LogP contribution is -2.84. The van der Waals surface area contributed by atoms with E-state index in [0.29, 0.717) is 0 Å². The summed E-state index contributed by atoms with van der Waals surface area (Å²) in [4.78, 5) is 0. The van der Waals surface area contributed by atoms with Crippen LogP contribution in [-0.2, 0) is 21.7 Å².